The standard InChI is InChI=1S/C32H12BF24.C14H13N2O2/c34-25(35,36)13-1-14(26(37,38)39)6-21(5-13)33(22-7-15(27(40,41)42)2-16(8-22)28(43,44)45,23-9-17(29(46,47)48)3-18(10-23)30(49,50)51)24-11-19(31(52,53)54)4-20(12-24)32(55,56)57;1-11(17)12-3-2-4-13(9-12)14(18)10-16-7-5-15-6-8-16/h1-12H;2-9H,10H2,1H3/q-1;+1. The number of rotatable bonds is 8. The molecule has 0 atom stereocenters. The minimum absolute atomic E-state index is 0.0331. The summed E-state index contributed by atoms with van der Waals surface area (Å²) in [5, 5.41) is 0. The van der Waals surface area contributed by atoms with Crippen LogP contribution in [0.4, 0.5) is 105 Å². The summed E-state index contributed by atoms with van der Waals surface area (Å²) in [6.45, 7) is 1.73. The van der Waals surface area contributed by atoms with Crippen molar-refractivity contribution in [2.75, 3.05) is 0 Å². The van der Waals surface area contributed by atoms with E-state index in [0.717, 1.165) is 0 Å². The number of aromatic nitrogens is 2. The molecule has 0 fully saturated rings. The molecule has 0 radical (unpaired) electrons. The number of hydrogen-bond donors (Lipinski definition) is 0. The number of carbonyl (C=O) groups excluding carboxylic acids is 2. The van der Waals surface area contributed by atoms with Crippen molar-refractivity contribution >= 4 is 39.6 Å². The maximum atomic E-state index is 14.2. The fourth-order valence-corrected chi connectivity index (χ4v) is 7.69. The third kappa shape index (κ3) is 13.8. The molecular weight excluding hydrogens is 1080 g/mol. The number of carbonyl (C=O) groups is 2. The number of halogens is 24. The van der Waals surface area contributed by atoms with Crippen LogP contribution < -0.4 is 26.4 Å². The van der Waals surface area contributed by atoms with E-state index in [0.29, 0.717) is 11.1 Å². The predicted octanol–water partition coefficient (Wildman–Crippen LogP) is 12.7. The third-order valence-corrected chi connectivity index (χ3v) is 11.0. The summed E-state index contributed by atoms with van der Waals surface area (Å²) in [4.78, 5) is 27.2. The van der Waals surface area contributed by atoms with E-state index < -0.39 is 195 Å². The highest BCUT2D eigenvalue weighted by molar-refractivity contribution is 7.20. The zero-order valence-corrected chi connectivity index (χ0v) is 36.6. The molecule has 402 valence electrons. The summed E-state index contributed by atoms with van der Waals surface area (Å²) < 4.78 is 343. The van der Waals surface area contributed by atoms with E-state index in [1.54, 1.807) is 53.6 Å². The molecule has 0 bridgehead atoms. The lowest BCUT2D eigenvalue weighted by Gasteiger charge is -2.46. The molecule has 0 aliphatic heterocycles. The average molecular weight is 1100 g/mol. The highest BCUT2D eigenvalue weighted by Crippen LogP contribution is 2.41. The van der Waals surface area contributed by atoms with Crippen LogP contribution in [-0.4, -0.2) is 22.7 Å². The second-order valence-corrected chi connectivity index (χ2v) is 16.2. The predicted molar refractivity (Wildman–Crippen MR) is 215 cm³/mol. The van der Waals surface area contributed by atoms with Crippen LogP contribution in [0, 0.1) is 0 Å². The van der Waals surface area contributed by atoms with Gasteiger partial charge in [0.25, 0.3) is 0 Å². The summed E-state index contributed by atoms with van der Waals surface area (Å²) in [7, 11) is 0. The van der Waals surface area contributed by atoms with Crippen LogP contribution in [0.15, 0.2) is 122 Å². The Morgan fingerprint density at radius 2 is 0.627 bits per heavy atom. The van der Waals surface area contributed by atoms with E-state index in [9.17, 15) is 115 Å². The molecule has 5 aromatic carbocycles. The topological polar surface area (TPSA) is 50.9 Å². The maximum Gasteiger partial charge on any atom is 0.416 e. The van der Waals surface area contributed by atoms with E-state index in [1.165, 1.54) is 6.92 Å². The van der Waals surface area contributed by atoms with Crippen molar-refractivity contribution < 1.29 is 120 Å². The first-order valence-corrected chi connectivity index (χ1v) is 20.2. The third-order valence-electron chi connectivity index (χ3n) is 11.0. The van der Waals surface area contributed by atoms with Crippen molar-refractivity contribution in [1.29, 1.82) is 0 Å². The van der Waals surface area contributed by atoms with Crippen LogP contribution in [0.5, 0.6) is 0 Å². The Labute approximate surface area is 404 Å². The molecular formula is C46H25BF24N2O2. The Balaban J connectivity index is 0.000000483. The summed E-state index contributed by atoms with van der Waals surface area (Å²) in [6, 6.07) is -2.03. The van der Waals surface area contributed by atoms with Crippen molar-refractivity contribution in [3.8, 4) is 0 Å². The molecule has 0 N–H and O–H groups in total. The number of benzene rings is 5. The number of alkyl halides is 24. The zero-order valence-electron chi connectivity index (χ0n) is 36.6. The lowest BCUT2D eigenvalue weighted by Crippen LogP contribution is -2.75. The summed E-state index contributed by atoms with van der Waals surface area (Å²) in [5.74, 6) is -0.0736. The minimum atomic E-state index is -6.13. The molecule has 29 heteroatoms. The lowest BCUT2D eigenvalue weighted by molar-refractivity contribution is -0.683. The van der Waals surface area contributed by atoms with Crippen LogP contribution in [-0.2, 0) is 56.0 Å². The molecule has 0 saturated heterocycles. The highest BCUT2D eigenvalue weighted by Gasteiger charge is 2.47. The van der Waals surface area contributed by atoms with Gasteiger partial charge in [-0.25, -0.2) is 0 Å². The van der Waals surface area contributed by atoms with Gasteiger partial charge in [-0.1, -0.05) is 66.7 Å². The number of Topliss-reactive ketones (excluding diaryl/α,β-unsaturated/α-hetero) is 2. The fraction of sp³-hybridized carbons (Fsp3) is 0.217. The average Bonchev–Trinajstić information content (AvgIpc) is 3.27. The van der Waals surface area contributed by atoms with Crippen molar-refractivity contribution in [3.05, 3.63) is 177 Å². The molecule has 1 aromatic heterocycles. The molecule has 75 heavy (non-hydrogen) atoms. The number of ketones is 2. The Hall–Kier alpha value is -7.10. The first kappa shape index (κ1) is 58.8. The Kier molecular flexibility index (Phi) is 15.8. The summed E-state index contributed by atoms with van der Waals surface area (Å²) in [5.41, 5.74) is -29.1. The molecule has 0 unspecified atom stereocenters. The SMILES string of the molecule is CC(=O)c1cccc(C(=O)C[n+]2ccncc2)c1.FC(F)(F)c1cc([B-](c2cc(C(F)(F)F)cc(C(F)(F)F)c2)(c2cc(C(F)(F)F)cc(C(F)(F)F)c2)c2cc(C(F)(F)F)cc(C(F)(F)F)c2)cc(C(F)(F)F)c1. The van der Waals surface area contributed by atoms with Gasteiger partial charge in [0.2, 0.25) is 12.3 Å². The van der Waals surface area contributed by atoms with Crippen molar-refractivity contribution in [2.45, 2.75) is 62.9 Å². The van der Waals surface area contributed by atoms with Gasteiger partial charge < -0.3 is 0 Å². The van der Waals surface area contributed by atoms with E-state index in [-0.39, 0.29) is 18.1 Å². The normalized spacial score (nSPS) is 13.3. The van der Waals surface area contributed by atoms with Crippen LogP contribution in [0.3, 0.4) is 0 Å². The monoisotopic (exact) mass is 1100 g/mol. The molecule has 6 rings (SSSR count). The Morgan fingerprint density at radius 3 is 0.853 bits per heavy atom. The Morgan fingerprint density at radius 1 is 0.387 bits per heavy atom. The van der Waals surface area contributed by atoms with Gasteiger partial charge in [0.1, 0.15) is 6.15 Å². The molecule has 6 aromatic rings. The quantitative estimate of drug-likeness (QED) is 0.0660. The van der Waals surface area contributed by atoms with E-state index >= 15 is 0 Å². The zero-order chi connectivity index (χ0) is 56.9. The van der Waals surface area contributed by atoms with Gasteiger partial charge >= 0.3 is 49.4 Å². The van der Waals surface area contributed by atoms with E-state index in [1.807, 2.05) is 0 Å². The molecule has 4 nitrogen and oxygen atoms in total. The van der Waals surface area contributed by atoms with Gasteiger partial charge in [0.15, 0.2) is 18.2 Å². The van der Waals surface area contributed by atoms with Gasteiger partial charge in [-0.05, 0) is 37.3 Å². The van der Waals surface area contributed by atoms with E-state index in [2.05, 4.69) is 4.98 Å². The largest absolute Gasteiger partial charge is 0.416 e. The first-order valence-electron chi connectivity index (χ1n) is 20.2. The van der Waals surface area contributed by atoms with Crippen molar-refractivity contribution in [3.63, 3.8) is 0 Å². The van der Waals surface area contributed by atoms with Gasteiger partial charge in [-0.2, -0.15) is 132 Å². The number of nitrogens with zero attached hydrogens (tertiary/aromatic N) is 2. The summed E-state index contributed by atoms with van der Waals surface area (Å²) >= 11 is 0. The fourth-order valence-electron chi connectivity index (χ4n) is 7.69. The van der Waals surface area contributed by atoms with Crippen molar-refractivity contribution in [2.24, 2.45) is 0 Å². The van der Waals surface area contributed by atoms with Crippen LogP contribution in [0.1, 0.15) is 72.1 Å². The Bertz CT molecular complexity index is 2640. The van der Waals surface area contributed by atoms with Gasteiger partial charge in [-0.3, -0.25) is 14.6 Å². The second kappa shape index (κ2) is 20.2. The molecule has 0 aliphatic carbocycles. The molecule has 0 spiro atoms. The molecule has 0 aliphatic rings. The minimum Gasteiger partial charge on any atom is -0.295 e. The van der Waals surface area contributed by atoms with Gasteiger partial charge in [-0.15, -0.1) is 0 Å². The highest BCUT2D eigenvalue weighted by atomic mass is 19.4. The maximum absolute atomic E-state index is 14.2. The number of hydrogen-bond acceptors (Lipinski definition) is 3. The van der Waals surface area contributed by atoms with E-state index in [4.69, 9.17) is 0 Å². The second-order valence-electron chi connectivity index (χ2n) is 16.2. The smallest absolute Gasteiger partial charge is 0.295 e. The van der Waals surface area contributed by atoms with Crippen LogP contribution in [0.2, 0.25) is 0 Å². The lowest BCUT2D eigenvalue weighted by atomic mass is 9.12. The van der Waals surface area contributed by atoms with Crippen molar-refractivity contribution in [1.82, 2.24) is 4.98 Å². The molecule has 0 amide bonds. The van der Waals surface area contributed by atoms with Gasteiger partial charge in [0.05, 0.1) is 56.9 Å². The summed E-state index contributed by atoms with van der Waals surface area (Å²) in [6.07, 6.45) is -48.1. The molecule has 1 heterocycles. The van der Waals surface area contributed by atoms with Crippen LogP contribution in [0.25, 0.3) is 0 Å². The first-order chi connectivity index (χ1) is 33.9. The molecule has 0 saturated carbocycles. The van der Waals surface area contributed by atoms with Crippen LogP contribution >= 0.6 is 0 Å². The van der Waals surface area contributed by atoms with Gasteiger partial charge in [0, 0.05) is 11.1 Å².